The predicted molar refractivity (Wildman–Crippen MR) is 104 cm³/mol. The highest BCUT2D eigenvalue weighted by atomic mass is 16.6. The maximum Gasteiger partial charge on any atom is 0.323 e. The number of nitro benzene ring substituents is 1. The van der Waals surface area contributed by atoms with Gasteiger partial charge in [-0.2, -0.15) is 0 Å². The largest absolute Gasteiger partial charge is 0.486 e. The van der Waals surface area contributed by atoms with Gasteiger partial charge in [0.2, 0.25) is 0 Å². The molecule has 0 spiro atoms. The van der Waals surface area contributed by atoms with E-state index in [1.807, 2.05) is 0 Å². The molecule has 0 aromatic heterocycles. The van der Waals surface area contributed by atoms with Crippen molar-refractivity contribution >= 4 is 23.3 Å². The Morgan fingerprint density at radius 3 is 2.45 bits per heavy atom. The standard InChI is InChI=1S/C19H21N3O7/c23-18(24)11-20-9-10-21(12-19(25)26)16-7-3-4-8-17(16)29-13-14-5-1-2-6-15(14)22(27)28/h1-8,20H,9-13H2,(H,23,24)(H,25,26). The Balaban J connectivity index is 2.16. The second-order valence-corrected chi connectivity index (χ2v) is 6.03. The number of carboxylic acids is 2. The van der Waals surface area contributed by atoms with E-state index < -0.39 is 16.9 Å². The van der Waals surface area contributed by atoms with Crippen LogP contribution in [0.25, 0.3) is 0 Å². The Morgan fingerprint density at radius 2 is 1.76 bits per heavy atom. The lowest BCUT2D eigenvalue weighted by Crippen LogP contribution is -2.37. The lowest BCUT2D eigenvalue weighted by molar-refractivity contribution is -0.385. The summed E-state index contributed by atoms with van der Waals surface area (Å²) in [6.07, 6.45) is 0. The van der Waals surface area contributed by atoms with Gasteiger partial charge in [0, 0.05) is 19.2 Å². The van der Waals surface area contributed by atoms with Crippen LogP contribution in [-0.4, -0.2) is 53.3 Å². The van der Waals surface area contributed by atoms with Gasteiger partial charge in [0.05, 0.1) is 22.7 Å². The third-order valence-electron chi connectivity index (χ3n) is 3.94. The molecule has 2 rings (SSSR count). The van der Waals surface area contributed by atoms with E-state index in [4.69, 9.17) is 9.84 Å². The Bertz CT molecular complexity index is 872. The van der Waals surface area contributed by atoms with Crippen LogP contribution >= 0.6 is 0 Å². The summed E-state index contributed by atoms with van der Waals surface area (Å²) in [6, 6.07) is 12.9. The normalized spacial score (nSPS) is 10.3. The molecule has 3 N–H and O–H groups in total. The molecule has 154 valence electrons. The van der Waals surface area contributed by atoms with E-state index in [2.05, 4.69) is 5.32 Å². The second kappa shape index (κ2) is 10.6. The molecule has 0 aliphatic heterocycles. The lowest BCUT2D eigenvalue weighted by Gasteiger charge is -2.25. The molecule has 0 amide bonds. The molecule has 0 fully saturated rings. The highest BCUT2D eigenvalue weighted by molar-refractivity contribution is 5.75. The second-order valence-electron chi connectivity index (χ2n) is 6.03. The fourth-order valence-electron chi connectivity index (χ4n) is 2.66. The molecule has 2 aromatic carbocycles. The van der Waals surface area contributed by atoms with Crippen molar-refractivity contribution in [3.05, 3.63) is 64.2 Å². The summed E-state index contributed by atoms with van der Waals surface area (Å²) in [7, 11) is 0. The van der Waals surface area contributed by atoms with Gasteiger partial charge in [-0.05, 0) is 18.2 Å². The van der Waals surface area contributed by atoms with E-state index in [-0.39, 0.29) is 38.5 Å². The van der Waals surface area contributed by atoms with E-state index in [9.17, 15) is 24.8 Å². The topological polar surface area (TPSA) is 142 Å². The number of nitro groups is 1. The first-order valence-corrected chi connectivity index (χ1v) is 8.72. The molecule has 0 unspecified atom stereocenters. The van der Waals surface area contributed by atoms with Crippen molar-refractivity contribution in [3.8, 4) is 5.75 Å². The van der Waals surface area contributed by atoms with Gasteiger partial charge in [-0.25, -0.2) is 0 Å². The number of para-hydroxylation sites is 3. The molecule has 0 aliphatic carbocycles. The number of benzene rings is 2. The van der Waals surface area contributed by atoms with E-state index in [0.717, 1.165) is 0 Å². The van der Waals surface area contributed by atoms with Crippen molar-refractivity contribution in [2.75, 3.05) is 31.1 Å². The van der Waals surface area contributed by atoms with Crippen LogP contribution in [0.15, 0.2) is 48.5 Å². The van der Waals surface area contributed by atoms with Gasteiger partial charge in [0.15, 0.2) is 0 Å². The predicted octanol–water partition coefficient (Wildman–Crippen LogP) is 1.74. The van der Waals surface area contributed by atoms with E-state index >= 15 is 0 Å². The fourth-order valence-corrected chi connectivity index (χ4v) is 2.66. The molecular formula is C19H21N3O7. The molecule has 10 nitrogen and oxygen atoms in total. The maximum atomic E-state index is 11.3. The zero-order valence-electron chi connectivity index (χ0n) is 15.5. The quantitative estimate of drug-likeness (QED) is 0.274. The Labute approximate surface area is 166 Å². The van der Waals surface area contributed by atoms with Crippen molar-refractivity contribution in [3.63, 3.8) is 0 Å². The number of carbonyl (C=O) groups is 2. The van der Waals surface area contributed by atoms with Gasteiger partial charge in [-0.15, -0.1) is 0 Å². The zero-order chi connectivity index (χ0) is 21.2. The monoisotopic (exact) mass is 403 g/mol. The van der Waals surface area contributed by atoms with Crippen LogP contribution in [0.1, 0.15) is 5.56 Å². The number of carboxylic acid groups (broad SMARTS) is 2. The van der Waals surface area contributed by atoms with E-state index in [1.54, 1.807) is 42.5 Å². The first kappa shape index (κ1) is 21.6. The summed E-state index contributed by atoms with van der Waals surface area (Å²) in [4.78, 5) is 34.1. The maximum absolute atomic E-state index is 11.3. The highest BCUT2D eigenvalue weighted by Gasteiger charge is 2.17. The van der Waals surface area contributed by atoms with Gasteiger partial charge in [-0.3, -0.25) is 19.7 Å². The van der Waals surface area contributed by atoms with Crippen molar-refractivity contribution in [2.24, 2.45) is 0 Å². The SMILES string of the molecule is O=C(O)CNCCN(CC(=O)O)c1ccccc1OCc1ccccc1[N+](=O)[O-]. The number of aliphatic carboxylic acids is 2. The summed E-state index contributed by atoms with van der Waals surface area (Å²) in [6.45, 7) is -0.146. The van der Waals surface area contributed by atoms with E-state index in [0.29, 0.717) is 17.0 Å². The molecule has 0 radical (unpaired) electrons. The first-order chi connectivity index (χ1) is 13.9. The molecule has 0 saturated carbocycles. The molecule has 29 heavy (non-hydrogen) atoms. The van der Waals surface area contributed by atoms with Crippen molar-refractivity contribution in [1.82, 2.24) is 5.32 Å². The summed E-state index contributed by atoms with van der Waals surface area (Å²) in [5, 5.41) is 31.8. The van der Waals surface area contributed by atoms with Gasteiger partial charge >= 0.3 is 11.9 Å². The van der Waals surface area contributed by atoms with Crippen LogP contribution in [-0.2, 0) is 16.2 Å². The molecular weight excluding hydrogens is 382 g/mol. The van der Waals surface area contributed by atoms with Gasteiger partial charge in [0.1, 0.15) is 18.9 Å². The van der Waals surface area contributed by atoms with Crippen molar-refractivity contribution in [1.29, 1.82) is 0 Å². The molecule has 0 aliphatic rings. The third kappa shape index (κ3) is 6.78. The van der Waals surface area contributed by atoms with Crippen LogP contribution < -0.4 is 15.0 Å². The number of rotatable bonds is 12. The highest BCUT2D eigenvalue weighted by Crippen LogP contribution is 2.29. The zero-order valence-corrected chi connectivity index (χ0v) is 15.5. The molecule has 2 aromatic rings. The number of ether oxygens (including phenoxy) is 1. The number of nitrogens with zero attached hydrogens (tertiary/aromatic N) is 2. The Hall–Kier alpha value is -3.66. The molecule has 0 atom stereocenters. The van der Waals surface area contributed by atoms with E-state index in [1.165, 1.54) is 11.0 Å². The average molecular weight is 403 g/mol. The van der Waals surface area contributed by atoms with Crippen LogP contribution in [0.5, 0.6) is 5.75 Å². The summed E-state index contributed by atoms with van der Waals surface area (Å²) in [5.74, 6) is -1.70. The summed E-state index contributed by atoms with van der Waals surface area (Å²) >= 11 is 0. The lowest BCUT2D eigenvalue weighted by atomic mass is 10.2. The minimum atomic E-state index is -1.06. The Kier molecular flexibility index (Phi) is 7.92. The summed E-state index contributed by atoms with van der Waals surface area (Å²) in [5.41, 5.74) is 0.816. The fraction of sp³-hybridized carbons (Fsp3) is 0.263. The number of hydrogen-bond acceptors (Lipinski definition) is 7. The first-order valence-electron chi connectivity index (χ1n) is 8.72. The third-order valence-corrected chi connectivity index (χ3v) is 3.94. The average Bonchev–Trinajstić information content (AvgIpc) is 2.68. The smallest absolute Gasteiger partial charge is 0.323 e. The van der Waals surface area contributed by atoms with Gasteiger partial charge in [-0.1, -0.05) is 24.3 Å². The van der Waals surface area contributed by atoms with Crippen LogP contribution in [0.4, 0.5) is 11.4 Å². The van der Waals surface area contributed by atoms with Crippen molar-refractivity contribution in [2.45, 2.75) is 6.61 Å². The number of anilines is 1. The molecule has 0 heterocycles. The van der Waals surface area contributed by atoms with Gasteiger partial charge in [0.25, 0.3) is 5.69 Å². The minimum Gasteiger partial charge on any atom is -0.486 e. The number of hydrogen-bond donors (Lipinski definition) is 3. The summed E-state index contributed by atoms with van der Waals surface area (Å²) < 4.78 is 5.77. The minimum absolute atomic E-state index is 0.0632. The molecule has 0 bridgehead atoms. The van der Waals surface area contributed by atoms with Crippen LogP contribution in [0.3, 0.4) is 0 Å². The molecule has 0 saturated heterocycles. The Morgan fingerprint density at radius 1 is 1.07 bits per heavy atom. The van der Waals surface area contributed by atoms with Crippen LogP contribution in [0.2, 0.25) is 0 Å². The van der Waals surface area contributed by atoms with Crippen molar-refractivity contribution < 1.29 is 29.5 Å². The molecule has 10 heteroatoms. The van der Waals surface area contributed by atoms with Crippen LogP contribution in [0, 0.1) is 10.1 Å². The van der Waals surface area contributed by atoms with Gasteiger partial charge < -0.3 is 25.2 Å². The number of nitrogens with one attached hydrogen (secondary N) is 1.